The maximum Gasteiger partial charge on any atom is 0.326 e. The molecule has 0 N–H and O–H groups in total. The Morgan fingerprint density at radius 1 is 0.935 bits per heavy atom. The van der Waals surface area contributed by atoms with Crippen molar-refractivity contribution in [2.45, 2.75) is 38.0 Å². The van der Waals surface area contributed by atoms with Crippen molar-refractivity contribution in [2.24, 2.45) is 0 Å². The van der Waals surface area contributed by atoms with Crippen molar-refractivity contribution >= 4 is 27.5 Å². The first-order valence-electron chi connectivity index (χ1n) is 10.5. The third kappa shape index (κ3) is 3.18. The number of fused-ring (bicyclic) bond motifs is 2. The first-order chi connectivity index (χ1) is 14.9. The molecule has 1 fully saturated rings. The number of anilines is 2. The van der Waals surface area contributed by atoms with Crippen LogP contribution in [-0.4, -0.2) is 57.6 Å². The Kier molecular flexibility index (Phi) is 4.73. The quantitative estimate of drug-likeness (QED) is 0.712. The van der Waals surface area contributed by atoms with Gasteiger partial charge in [0.15, 0.2) is 11.5 Å². The van der Waals surface area contributed by atoms with E-state index in [4.69, 9.17) is 9.47 Å². The van der Waals surface area contributed by atoms with E-state index in [2.05, 4.69) is 0 Å². The molecule has 3 aliphatic heterocycles. The number of carbonyl (C=O) groups excluding carboxylic acids is 1. The molecule has 5 rings (SSSR count). The number of hydrogen-bond acceptors (Lipinski definition) is 5. The standard InChI is InChI=1S/C22H25N3O5S/c1-15-21(30-20-10-6-5-9-19(20)29-15)22(26)24-13-11-16(12-14-24)25-18-8-4-3-7-17(18)23(2)31(25,27)28/h3-10,15-16,21H,11-14H2,1-2H3. The molecule has 3 heterocycles. The largest absolute Gasteiger partial charge is 0.482 e. The van der Waals surface area contributed by atoms with Crippen LogP contribution < -0.4 is 18.1 Å². The Morgan fingerprint density at radius 3 is 2.19 bits per heavy atom. The van der Waals surface area contributed by atoms with Gasteiger partial charge in [0.1, 0.15) is 6.10 Å². The normalized spacial score (nSPS) is 24.8. The van der Waals surface area contributed by atoms with Gasteiger partial charge in [0, 0.05) is 20.1 Å². The van der Waals surface area contributed by atoms with Crippen LogP contribution in [0.1, 0.15) is 19.8 Å². The minimum atomic E-state index is -3.61. The zero-order chi connectivity index (χ0) is 21.8. The molecule has 8 nitrogen and oxygen atoms in total. The fourth-order valence-electron chi connectivity index (χ4n) is 4.57. The number of piperidine rings is 1. The predicted molar refractivity (Wildman–Crippen MR) is 117 cm³/mol. The molecule has 9 heteroatoms. The lowest BCUT2D eigenvalue weighted by Crippen LogP contribution is -2.55. The summed E-state index contributed by atoms with van der Waals surface area (Å²) in [6, 6.07) is 14.5. The molecule has 0 saturated carbocycles. The number of ether oxygens (including phenoxy) is 2. The van der Waals surface area contributed by atoms with Crippen LogP contribution in [0, 0.1) is 0 Å². The van der Waals surface area contributed by atoms with Gasteiger partial charge in [-0.2, -0.15) is 8.42 Å². The molecule has 2 atom stereocenters. The highest BCUT2D eigenvalue weighted by molar-refractivity contribution is 7.94. The van der Waals surface area contributed by atoms with Gasteiger partial charge in [0.25, 0.3) is 5.91 Å². The van der Waals surface area contributed by atoms with E-state index in [0.29, 0.717) is 48.8 Å². The minimum absolute atomic E-state index is 0.123. The molecule has 2 aromatic rings. The molecule has 1 saturated heterocycles. The fourth-order valence-corrected chi connectivity index (χ4v) is 6.23. The van der Waals surface area contributed by atoms with Gasteiger partial charge in [0.2, 0.25) is 6.10 Å². The molecule has 3 aliphatic rings. The summed E-state index contributed by atoms with van der Waals surface area (Å²) >= 11 is 0. The Labute approximate surface area is 182 Å². The average molecular weight is 444 g/mol. The highest BCUT2D eigenvalue weighted by Gasteiger charge is 2.44. The van der Waals surface area contributed by atoms with Gasteiger partial charge in [-0.15, -0.1) is 0 Å². The van der Waals surface area contributed by atoms with E-state index in [-0.39, 0.29) is 11.9 Å². The second kappa shape index (κ2) is 7.33. The van der Waals surface area contributed by atoms with Crippen molar-refractivity contribution in [3.8, 4) is 11.5 Å². The number of rotatable bonds is 2. The summed E-state index contributed by atoms with van der Waals surface area (Å²) in [4.78, 5) is 14.9. The van der Waals surface area contributed by atoms with Crippen LogP contribution in [-0.2, 0) is 15.0 Å². The summed E-state index contributed by atoms with van der Waals surface area (Å²) in [5.41, 5.74) is 1.38. The van der Waals surface area contributed by atoms with Crippen LogP contribution in [0.4, 0.5) is 11.4 Å². The molecule has 1 amide bonds. The van der Waals surface area contributed by atoms with Crippen LogP contribution in [0.15, 0.2) is 48.5 Å². The number of carbonyl (C=O) groups is 1. The van der Waals surface area contributed by atoms with E-state index >= 15 is 0 Å². The molecule has 0 spiro atoms. The Balaban J connectivity index is 1.30. The van der Waals surface area contributed by atoms with Gasteiger partial charge in [-0.3, -0.25) is 9.10 Å². The molecule has 0 bridgehead atoms. The van der Waals surface area contributed by atoms with E-state index in [1.54, 1.807) is 18.0 Å². The van der Waals surface area contributed by atoms with Crippen LogP contribution in [0.25, 0.3) is 0 Å². The third-order valence-corrected chi connectivity index (χ3v) is 8.13. The molecule has 0 radical (unpaired) electrons. The smallest absolute Gasteiger partial charge is 0.326 e. The van der Waals surface area contributed by atoms with E-state index < -0.39 is 22.4 Å². The predicted octanol–water partition coefficient (Wildman–Crippen LogP) is 2.41. The lowest BCUT2D eigenvalue weighted by molar-refractivity contribution is -0.145. The lowest BCUT2D eigenvalue weighted by atomic mass is 10.0. The summed E-state index contributed by atoms with van der Waals surface area (Å²) < 4.78 is 40.7. The summed E-state index contributed by atoms with van der Waals surface area (Å²) in [7, 11) is -2.03. The van der Waals surface area contributed by atoms with Gasteiger partial charge in [-0.05, 0) is 44.0 Å². The van der Waals surface area contributed by atoms with E-state index in [9.17, 15) is 13.2 Å². The molecule has 31 heavy (non-hydrogen) atoms. The number of hydrogen-bond donors (Lipinski definition) is 0. The molecule has 164 valence electrons. The lowest BCUT2D eigenvalue weighted by Gasteiger charge is -2.39. The van der Waals surface area contributed by atoms with Crippen LogP contribution in [0.2, 0.25) is 0 Å². The van der Waals surface area contributed by atoms with Gasteiger partial charge < -0.3 is 14.4 Å². The SMILES string of the molecule is CC1Oc2ccccc2OC1C(=O)N1CCC(N2c3ccccc3N(C)S2(=O)=O)CC1. The van der Waals surface area contributed by atoms with Crippen molar-refractivity contribution in [2.75, 3.05) is 28.7 Å². The molecular weight excluding hydrogens is 418 g/mol. The average Bonchev–Trinajstić information content (AvgIpc) is 2.98. The Hall–Kier alpha value is -2.94. The van der Waals surface area contributed by atoms with Crippen LogP contribution >= 0.6 is 0 Å². The van der Waals surface area contributed by atoms with Crippen LogP contribution in [0.5, 0.6) is 11.5 Å². The maximum atomic E-state index is 13.2. The van der Waals surface area contributed by atoms with Gasteiger partial charge in [-0.25, -0.2) is 4.31 Å². The van der Waals surface area contributed by atoms with Crippen molar-refractivity contribution in [3.05, 3.63) is 48.5 Å². The first kappa shape index (κ1) is 20.0. The first-order valence-corrected chi connectivity index (χ1v) is 11.9. The molecule has 2 unspecified atom stereocenters. The number of para-hydroxylation sites is 4. The summed E-state index contributed by atoms with van der Waals surface area (Å²) in [6.45, 7) is 2.76. The fraction of sp³-hybridized carbons (Fsp3) is 0.409. The van der Waals surface area contributed by atoms with Crippen LogP contribution in [0.3, 0.4) is 0 Å². The van der Waals surface area contributed by atoms with E-state index in [1.165, 1.54) is 8.61 Å². The van der Waals surface area contributed by atoms with Crippen molar-refractivity contribution < 1.29 is 22.7 Å². The zero-order valence-corrected chi connectivity index (χ0v) is 18.3. The van der Waals surface area contributed by atoms with Gasteiger partial charge in [0.05, 0.1) is 17.4 Å². The molecular formula is C22H25N3O5S. The molecule has 2 aromatic carbocycles. The highest BCUT2D eigenvalue weighted by Crippen LogP contribution is 2.42. The topological polar surface area (TPSA) is 79.4 Å². The van der Waals surface area contributed by atoms with Crippen molar-refractivity contribution in [1.29, 1.82) is 0 Å². The third-order valence-electron chi connectivity index (χ3n) is 6.25. The zero-order valence-electron chi connectivity index (χ0n) is 17.5. The monoisotopic (exact) mass is 443 g/mol. The highest BCUT2D eigenvalue weighted by atomic mass is 32.2. The molecule has 0 aliphatic carbocycles. The Morgan fingerprint density at radius 2 is 1.52 bits per heavy atom. The summed E-state index contributed by atoms with van der Waals surface area (Å²) in [6.07, 6.45) is 0.00521. The van der Waals surface area contributed by atoms with Gasteiger partial charge in [-0.1, -0.05) is 24.3 Å². The molecule has 0 aromatic heterocycles. The number of likely N-dealkylation sites (tertiary alicyclic amines) is 1. The van der Waals surface area contributed by atoms with Crippen molar-refractivity contribution in [1.82, 2.24) is 4.90 Å². The van der Waals surface area contributed by atoms with E-state index in [1.807, 2.05) is 49.4 Å². The van der Waals surface area contributed by atoms with E-state index in [0.717, 1.165) is 0 Å². The summed E-state index contributed by atoms with van der Waals surface area (Å²) in [5, 5.41) is 0. The summed E-state index contributed by atoms with van der Waals surface area (Å²) in [5.74, 6) is 1.08. The van der Waals surface area contributed by atoms with Gasteiger partial charge >= 0.3 is 10.2 Å². The minimum Gasteiger partial charge on any atom is -0.482 e. The number of nitrogens with zero attached hydrogens (tertiary/aromatic N) is 3. The van der Waals surface area contributed by atoms with Crippen molar-refractivity contribution in [3.63, 3.8) is 0 Å². The number of amides is 1. The second-order valence-electron chi connectivity index (χ2n) is 8.12. The Bertz CT molecular complexity index is 1110. The second-order valence-corrected chi connectivity index (χ2v) is 9.96. The number of benzene rings is 2. The maximum absolute atomic E-state index is 13.2.